The lowest BCUT2D eigenvalue weighted by Crippen LogP contribution is -2.35. The van der Waals surface area contributed by atoms with E-state index in [1.54, 1.807) is 6.92 Å². The van der Waals surface area contributed by atoms with E-state index >= 15 is 0 Å². The van der Waals surface area contributed by atoms with Crippen LogP contribution in [0.5, 0.6) is 11.5 Å². The zero-order chi connectivity index (χ0) is 26.7. The Kier molecular flexibility index (Phi) is 11.4. The van der Waals surface area contributed by atoms with Gasteiger partial charge in [0.05, 0.1) is 18.7 Å². The molecule has 0 saturated heterocycles. The predicted octanol–water partition coefficient (Wildman–Crippen LogP) is 5.30. The van der Waals surface area contributed by atoms with Crippen LogP contribution in [0.25, 0.3) is 11.5 Å². The van der Waals surface area contributed by atoms with Crippen molar-refractivity contribution in [2.24, 2.45) is 17.4 Å². The minimum absolute atomic E-state index is 0. The molecule has 214 valence electrons. The van der Waals surface area contributed by atoms with Crippen LogP contribution in [0.2, 0.25) is 0 Å². The SMILES string of the molecule is C[C@H](N)c1oc(-c2ccc(OC(F)F)c(OCC3CC3)c2)nc1C(=O)NC(CN)c1ccc(F)cc1F.Cl.Cl. The molecular formula is C25H28Cl2F4N4O4. The number of ether oxygens (including phenoxy) is 2. The molecule has 14 heteroatoms. The summed E-state index contributed by atoms with van der Waals surface area (Å²) in [6.07, 6.45) is 1.98. The fourth-order valence-corrected chi connectivity index (χ4v) is 3.64. The van der Waals surface area contributed by atoms with Gasteiger partial charge in [-0.15, -0.1) is 24.8 Å². The first-order chi connectivity index (χ1) is 17.7. The molecule has 1 aliphatic carbocycles. The van der Waals surface area contributed by atoms with Crippen LogP contribution in [-0.2, 0) is 0 Å². The molecule has 0 aliphatic heterocycles. The average Bonchev–Trinajstić information content (AvgIpc) is 3.56. The van der Waals surface area contributed by atoms with E-state index in [1.165, 1.54) is 24.3 Å². The first-order valence-electron chi connectivity index (χ1n) is 11.6. The van der Waals surface area contributed by atoms with Crippen molar-refractivity contribution >= 4 is 30.7 Å². The molecule has 1 fully saturated rings. The summed E-state index contributed by atoms with van der Waals surface area (Å²) in [7, 11) is 0. The second kappa shape index (κ2) is 13.8. The topological polar surface area (TPSA) is 126 Å². The Hall–Kier alpha value is -3.06. The number of halogens is 6. The van der Waals surface area contributed by atoms with E-state index in [2.05, 4.69) is 15.0 Å². The van der Waals surface area contributed by atoms with Crippen molar-refractivity contribution in [2.75, 3.05) is 13.2 Å². The van der Waals surface area contributed by atoms with Crippen molar-refractivity contribution in [1.29, 1.82) is 0 Å². The molecule has 3 aromatic rings. The third kappa shape index (κ3) is 7.98. The molecule has 0 spiro atoms. The van der Waals surface area contributed by atoms with E-state index in [0.717, 1.165) is 18.9 Å². The van der Waals surface area contributed by atoms with Crippen molar-refractivity contribution in [3.63, 3.8) is 0 Å². The number of nitrogens with zero attached hydrogens (tertiary/aromatic N) is 1. The summed E-state index contributed by atoms with van der Waals surface area (Å²) >= 11 is 0. The largest absolute Gasteiger partial charge is 0.489 e. The van der Waals surface area contributed by atoms with Gasteiger partial charge in [0.15, 0.2) is 23.0 Å². The third-order valence-electron chi connectivity index (χ3n) is 5.74. The highest BCUT2D eigenvalue weighted by Crippen LogP contribution is 2.37. The Labute approximate surface area is 234 Å². The smallest absolute Gasteiger partial charge is 0.387 e. The molecule has 2 atom stereocenters. The van der Waals surface area contributed by atoms with Gasteiger partial charge in [-0.2, -0.15) is 8.78 Å². The van der Waals surface area contributed by atoms with Gasteiger partial charge < -0.3 is 30.7 Å². The number of carbonyl (C=O) groups is 1. The summed E-state index contributed by atoms with van der Waals surface area (Å²) in [6, 6.07) is 5.34. The molecule has 1 saturated carbocycles. The zero-order valence-electron chi connectivity index (χ0n) is 20.7. The molecule has 39 heavy (non-hydrogen) atoms. The van der Waals surface area contributed by atoms with Crippen LogP contribution in [-0.4, -0.2) is 30.7 Å². The summed E-state index contributed by atoms with van der Waals surface area (Å²) in [5.41, 5.74) is 11.9. The number of carbonyl (C=O) groups excluding carboxylic acids is 1. The number of oxazole rings is 1. The average molecular weight is 595 g/mol. The monoisotopic (exact) mass is 594 g/mol. The van der Waals surface area contributed by atoms with E-state index in [-0.39, 0.29) is 65.8 Å². The number of alkyl halides is 2. The number of nitrogens with two attached hydrogens (primary N) is 2. The summed E-state index contributed by atoms with van der Waals surface area (Å²) < 4.78 is 69.3. The number of amides is 1. The van der Waals surface area contributed by atoms with Crippen LogP contribution in [0, 0.1) is 17.6 Å². The maximum absolute atomic E-state index is 14.3. The van der Waals surface area contributed by atoms with Crippen LogP contribution in [0.15, 0.2) is 40.8 Å². The van der Waals surface area contributed by atoms with Crippen molar-refractivity contribution in [2.45, 2.75) is 38.5 Å². The minimum atomic E-state index is -3.04. The molecule has 2 aromatic carbocycles. The fraction of sp³-hybridized carbons (Fsp3) is 0.360. The van der Waals surface area contributed by atoms with E-state index in [1.807, 2.05) is 0 Å². The van der Waals surface area contributed by atoms with Crippen molar-refractivity contribution in [3.8, 4) is 23.0 Å². The Morgan fingerprint density at radius 1 is 1.15 bits per heavy atom. The molecule has 4 rings (SSSR count). The highest BCUT2D eigenvalue weighted by Gasteiger charge is 2.27. The first-order valence-corrected chi connectivity index (χ1v) is 11.6. The molecular weight excluding hydrogens is 567 g/mol. The van der Waals surface area contributed by atoms with E-state index < -0.39 is 36.2 Å². The standard InChI is InChI=1S/C25H26F4N4O4.2ClH/c1-12(31)22-21(23(34)32-18(10-30)16-6-5-15(26)9-17(16)27)33-24(37-22)14-4-7-19(36-25(28)29)20(8-14)35-11-13-2-3-13;;/h4-9,12-13,18,25H,2-3,10-11,30-31H2,1H3,(H,32,34);2*1H/t12-,18?;;/m0../s1. The van der Waals surface area contributed by atoms with Crippen LogP contribution in [0.3, 0.4) is 0 Å². The van der Waals surface area contributed by atoms with E-state index in [4.69, 9.17) is 20.6 Å². The van der Waals surface area contributed by atoms with Crippen molar-refractivity contribution < 1.29 is 36.2 Å². The molecule has 1 aliphatic rings. The van der Waals surface area contributed by atoms with Crippen LogP contribution in [0.1, 0.15) is 53.7 Å². The lowest BCUT2D eigenvalue weighted by Gasteiger charge is -2.17. The fourth-order valence-electron chi connectivity index (χ4n) is 3.64. The molecule has 0 radical (unpaired) electrons. The van der Waals surface area contributed by atoms with Gasteiger partial charge in [-0.1, -0.05) is 6.07 Å². The Morgan fingerprint density at radius 2 is 1.87 bits per heavy atom. The van der Waals surface area contributed by atoms with Crippen LogP contribution in [0.4, 0.5) is 17.6 Å². The van der Waals surface area contributed by atoms with Gasteiger partial charge in [-0.25, -0.2) is 13.8 Å². The molecule has 1 heterocycles. The van der Waals surface area contributed by atoms with Gasteiger partial charge in [0, 0.05) is 23.7 Å². The number of rotatable bonds is 11. The number of hydrogen-bond acceptors (Lipinski definition) is 7. The van der Waals surface area contributed by atoms with Gasteiger partial charge >= 0.3 is 6.61 Å². The van der Waals surface area contributed by atoms with Gasteiger partial charge in [0.2, 0.25) is 5.89 Å². The Morgan fingerprint density at radius 3 is 2.46 bits per heavy atom. The second-order valence-corrected chi connectivity index (χ2v) is 8.74. The lowest BCUT2D eigenvalue weighted by molar-refractivity contribution is -0.0515. The quantitative estimate of drug-likeness (QED) is 0.257. The first kappa shape index (κ1) is 32.2. The maximum Gasteiger partial charge on any atom is 0.387 e. The highest BCUT2D eigenvalue weighted by atomic mass is 35.5. The summed E-state index contributed by atoms with van der Waals surface area (Å²) in [5, 5.41) is 2.57. The molecule has 1 aromatic heterocycles. The number of aromatic nitrogens is 1. The van der Waals surface area contributed by atoms with E-state index in [9.17, 15) is 22.4 Å². The Balaban J connectivity index is 0.00000267. The third-order valence-corrected chi connectivity index (χ3v) is 5.74. The maximum atomic E-state index is 14.3. The molecule has 8 nitrogen and oxygen atoms in total. The molecule has 5 N–H and O–H groups in total. The number of benzene rings is 2. The minimum Gasteiger partial charge on any atom is -0.489 e. The molecule has 1 amide bonds. The second-order valence-electron chi connectivity index (χ2n) is 8.74. The van der Waals surface area contributed by atoms with Crippen molar-refractivity contribution in [3.05, 3.63) is 65.1 Å². The predicted molar refractivity (Wildman–Crippen MR) is 140 cm³/mol. The normalized spacial score (nSPS) is 14.2. The number of nitrogens with one attached hydrogen (secondary N) is 1. The van der Waals surface area contributed by atoms with Gasteiger partial charge in [-0.05, 0) is 49.9 Å². The summed E-state index contributed by atoms with van der Waals surface area (Å²) in [5.74, 6) is -2.08. The van der Waals surface area contributed by atoms with Gasteiger partial charge in [-0.3, -0.25) is 4.79 Å². The van der Waals surface area contributed by atoms with Crippen molar-refractivity contribution in [1.82, 2.24) is 10.3 Å². The summed E-state index contributed by atoms with van der Waals surface area (Å²) in [4.78, 5) is 17.4. The summed E-state index contributed by atoms with van der Waals surface area (Å²) in [6.45, 7) is -1.31. The lowest BCUT2D eigenvalue weighted by atomic mass is 10.1. The highest BCUT2D eigenvalue weighted by molar-refractivity contribution is 5.94. The van der Waals surface area contributed by atoms with Gasteiger partial charge in [0.1, 0.15) is 11.6 Å². The van der Waals surface area contributed by atoms with Crippen LogP contribution < -0.4 is 26.3 Å². The molecule has 1 unspecified atom stereocenters. The number of hydrogen-bond donors (Lipinski definition) is 3. The van der Waals surface area contributed by atoms with E-state index in [0.29, 0.717) is 24.2 Å². The molecule has 0 bridgehead atoms. The van der Waals surface area contributed by atoms with Crippen LogP contribution >= 0.6 is 24.8 Å². The zero-order valence-corrected chi connectivity index (χ0v) is 22.3. The van der Waals surface area contributed by atoms with Gasteiger partial charge in [0.25, 0.3) is 5.91 Å². The Bertz CT molecular complexity index is 1270.